The minimum absolute atomic E-state index is 0.0856. The molecule has 0 aliphatic carbocycles. The third-order valence-corrected chi connectivity index (χ3v) is 3.44. The summed E-state index contributed by atoms with van der Waals surface area (Å²) in [5, 5.41) is 11.8. The molecule has 2 aromatic carbocycles. The van der Waals surface area contributed by atoms with E-state index in [2.05, 4.69) is 0 Å². The van der Waals surface area contributed by atoms with Crippen molar-refractivity contribution in [2.24, 2.45) is 0 Å². The van der Waals surface area contributed by atoms with Crippen molar-refractivity contribution in [3.05, 3.63) is 74.3 Å². The molecule has 2 aromatic rings. The molecule has 0 amide bonds. The van der Waals surface area contributed by atoms with Crippen LogP contribution in [0.1, 0.15) is 42.3 Å². The number of hydrogen-bond donors (Lipinski definition) is 0. The highest BCUT2D eigenvalue weighted by Gasteiger charge is 2.20. The Labute approximate surface area is 151 Å². The predicted molar refractivity (Wildman–Crippen MR) is 98.6 cm³/mol. The molecule has 0 N–H and O–H groups in total. The largest absolute Gasteiger partial charge is 0.456 e. The molecule has 0 aliphatic heterocycles. The molecule has 2 rings (SSSR count). The summed E-state index contributed by atoms with van der Waals surface area (Å²) in [6, 6.07) is 11.2. The van der Waals surface area contributed by atoms with E-state index in [1.165, 1.54) is 18.2 Å². The molecule has 0 spiro atoms. The van der Waals surface area contributed by atoms with Crippen LogP contribution in [-0.2, 0) is 4.74 Å². The number of ether oxygens (including phenoxy) is 1. The Hall–Kier alpha value is -2.66. The fourth-order valence-corrected chi connectivity index (χ4v) is 2.20. The van der Waals surface area contributed by atoms with Crippen molar-refractivity contribution in [2.75, 3.05) is 0 Å². The second-order valence-corrected chi connectivity index (χ2v) is 6.85. The lowest BCUT2D eigenvalue weighted by atomic mass is 10.1. The summed E-state index contributed by atoms with van der Waals surface area (Å²) >= 11 is 5.84. The van der Waals surface area contributed by atoms with Crippen molar-refractivity contribution >= 4 is 35.4 Å². The molecule has 0 saturated heterocycles. The van der Waals surface area contributed by atoms with Gasteiger partial charge in [-0.3, -0.25) is 10.1 Å². The van der Waals surface area contributed by atoms with Gasteiger partial charge in [0.1, 0.15) is 5.60 Å². The van der Waals surface area contributed by atoms with Crippen LogP contribution < -0.4 is 0 Å². The third-order valence-electron chi connectivity index (χ3n) is 3.18. The normalized spacial score (nSPS) is 11.5. The summed E-state index contributed by atoms with van der Waals surface area (Å²) in [4.78, 5) is 22.9. The highest BCUT2D eigenvalue weighted by atomic mass is 35.5. The molecule has 5 nitrogen and oxygen atoms in total. The average Bonchev–Trinajstić information content (AvgIpc) is 2.52. The standard InChI is InChI=1S/C19H18ClNO4/c1-19(2,3)25-18(22)15-8-11-17(21(23)24)14(12-15)7-4-13-5-9-16(20)10-6-13/h4-12H,1-3H3/b7-4+. The van der Waals surface area contributed by atoms with E-state index in [1.54, 1.807) is 57.2 Å². The zero-order valence-corrected chi connectivity index (χ0v) is 14.9. The molecule has 0 bridgehead atoms. The summed E-state index contributed by atoms with van der Waals surface area (Å²) in [7, 11) is 0. The molecular formula is C19H18ClNO4. The van der Waals surface area contributed by atoms with E-state index in [1.807, 2.05) is 0 Å². The molecule has 6 heteroatoms. The van der Waals surface area contributed by atoms with Gasteiger partial charge in [-0.2, -0.15) is 0 Å². The van der Waals surface area contributed by atoms with Gasteiger partial charge >= 0.3 is 5.97 Å². The Kier molecular flexibility index (Phi) is 5.59. The first-order chi connectivity index (χ1) is 11.7. The first-order valence-electron chi connectivity index (χ1n) is 7.61. The zero-order chi connectivity index (χ0) is 18.6. The molecule has 0 radical (unpaired) electrons. The zero-order valence-electron chi connectivity index (χ0n) is 14.2. The van der Waals surface area contributed by atoms with E-state index < -0.39 is 16.5 Å². The van der Waals surface area contributed by atoms with Crippen molar-refractivity contribution in [3.8, 4) is 0 Å². The monoisotopic (exact) mass is 359 g/mol. The lowest BCUT2D eigenvalue weighted by Crippen LogP contribution is -2.23. The van der Waals surface area contributed by atoms with E-state index in [9.17, 15) is 14.9 Å². The Bertz CT molecular complexity index is 820. The molecule has 0 aliphatic rings. The minimum Gasteiger partial charge on any atom is -0.456 e. The number of esters is 1. The first kappa shape index (κ1) is 18.7. The topological polar surface area (TPSA) is 69.4 Å². The summed E-state index contributed by atoms with van der Waals surface area (Å²) in [6.07, 6.45) is 3.31. The maximum Gasteiger partial charge on any atom is 0.338 e. The number of nitrogens with zero attached hydrogens (tertiary/aromatic N) is 1. The summed E-state index contributed by atoms with van der Waals surface area (Å²) < 4.78 is 5.31. The van der Waals surface area contributed by atoms with Crippen LogP contribution >= 0.6 is 11.6 Å². The van der Waals surface area contributed by atoms with Crippen molar-refractivity contribution in [3.63, 3.8) is 0 Å². The first-order valence-corrected chi connectivity index (χ1v) is 7.99. The summed E-state index contributed by atoms with van der Waals surface area (Å²) in [5.74, 6) is -0.524. The molecule has 0 aromatic heterocycles. The highest BCUT2D eigenvalue weighted by molar-refractivity contribution is 6.30. The van der Waals surface area contributed by atoms with Crippen LogP contribution in [0, 0.1) is 10.1 Å². The maximum absolute atomic E-state index is 12.2. The number of carbonyl (C=O) groups excluding carboxylic acids is 1. The van der Waals surface area contributed by atoms with Gasteiger partial charge in [-0.25, -0.2) is 4.79 Å². The molecule has 25 heavy (non-hydrogen) atoms. The molecule has 130 valence electrons. The SMILES string of the molecule is CC(C)(C)OC(=O)c1ccc([N+](=O)[O-])c(/C=C/c2ccc(Cl)cc2)c1. The lowest BCUT2D eigenvalue weighted by molar-refractivity contribution is -0.385. The van der Waals surface area contributed by atoms with Crippen molar-refractivity contribution < 1.29 is 14.5 Å². The maximum atomic E-state index is 12.2. The van der Waals surface area contributed by atoms with Crippen LogP contribution in [0.15, 0.2) is 42.5 Å². The Morgan fingerprint density at radius 2 is 1.76 bits per heavy atom. The van der Waals surface area contributed by atoms with Gasteiger partial charge in [-0.1, -0.05) is 29.8 Å². The smallest absolute Gasteiger partial charge is 0.338 e. The average molecular weight is 360 g/mol. The Morgan fingerprint density at radius 3 is 2.32 bits per heavy atom. The number of nitro groups is 1. The van der Waals surface area contributed by atoms with E-state index in [-0.39, 0.29) is 11.3 Å². The van der Waals surface area contributed by atoms with Gasteiger partial charge in [0.15, 0.2) is 0 Å². The Morgan fingerprint density at radius 1 is 1.12 bits per heavy atom. The summed E-state index contributed by atoms with van der Waals surface area (Å²) in [5.41, 5.74) is 0.691. The summed E-state index contributed by atoms with van der Waals surface area (Å²) in [6.45, 7) is 5.28. The molecule has 0 saturated carbocycles. The highest BCUT2D eigenvalue weighted by Crippen LogP contribution is 2.24. The predicted octanol–water partition coefficient (Wildman–Crippen LogP) is 5.37. The van der Waals surface area contributed by atoms with Crippen molar-refractivity contribution in [2.45, 2.75) is 26.4 Å². The second-order valence-electron chi connectivity index (χ2n) is 6.42. The van der Waals surface area contributed by atoms with E-state index >= 15 is 0 Å². The fraction of sp³-hybridized carbons (Fsp3) is 0.211. The van der Waals surface area contributed by atoms with Gasteiger partial charge in [0, 0.05) is 11.1 Å². The second kappa shape index (κ2) is 7.49. The van der Waals surface area contributed by atoms with Gasteiger partial charge in [0.05, 0.1) is 16.1 Å². The molecular weight excluding hydrogens is 342 g/mol. The fourth-order valence-electron chi connectivity index (χ4n) is 2.08. The minimum atomic E-state index is -0.641. The number of halogens is 1. The quantitative estimate of drug-likeness (QED) is 0.318. The van der Waals surface area contributed by atoms with Crippen LogP contribution in [0.4, 0.5) is 5.69 Å². The Balaban J connectivity index is 2.36. The number of nitro benzene ring substituents is 1. The van der Waals surface area contributed by atoms with Crippen LogP contribution in [0.3, 0.4) is 0 Å². The van der Waals surface area contributed by atoms with E-state index in [0.29, 0.717) is 10.6 Å². The molecule has 0 unspecified atom stereocenters. The van der Waals surface area contributed by atoms with Crippen LogP contribution in [0.5, 0.6) is 0 Å². The van der Waals surface area contributed by atoms with Gasteiger partial charge in [-0.15, -0.1) is 0 Å². The van der Waals surface area contributed by atoms with Gasteiger partial charge < -0.3 is 4.74 Å². The van der Waals surface area contributed by atoms with Gasteiger partial charge in [-0.05, 0) is 56.7 Å². The molecule has 0 atom stereocenters. The molecule has 0 heterocycles. The van der Waals surface area contributed by atoms with Crippen molar-refractivity contribution in [1.29, 1.82) is 0 Å². The van der Waals surface area contributed by atoms with Crippen LogP contribution in [0.25, 0.3) is 12.2 Å². The lowest BCUT2D eigenvalue weighted by Gasteiger charge is -2.19. The van der Waals surface area contributed by atoms with Gasteiger partial charge in [0.2, 0.25) is 0 Å². The number of benzene rings is 2. The number of rotatable bonds is 4. The van der Waals surface area contributed by atoms with E-state index in [0.717, 1.165) is 5.56 Å². The number of carbonyl (C=O) groups is 1. The number of hydrogen-bond acceptors (Lipinski definition) is 4. The van der Waals surface area contributed by atoms with Crippen LogP contribution in [-0.4, -0.2) is 16.5 Å². The van der Waals surface area contributed by atoms with Crippen LogP contribution in [0.2, 0.25) is 5.02 Å². The third kappa shape index (κ3) is 5.43. The van der Waals surface area contributed by atoms with Gasteiger partial charge in [0.25, 0.3) is 5.69 Å². The molecule has 0 fully saturated rings. The van der Waals surface area contributed by atoms with E-state index in [4.69, 9.17) is 16.3 Å². The van der Waals surface area contributed by atoms with Crippen molar-refractivity contribution in [1.82, 2.24) is 0 Å².